The lowest BCUT2D eigenvalue weighted by Gasteiger charge is -2.21. The van der Waals surface area contributed by atoms with E-state index in [-0.39, 0.29) is 43.5 Å². The molecule has 0 saturated carbocycles. The molecule has 0 amide bonds. The Morgan fingerprint density at radius 2 is 1.61 bits per heavy atom. The minimum atomic E-state index is -0.369. The Morgan fingerprint density at radius 1 is 1.06 bits per heavy atom. The molecule has 1 unspecified atom stereocenters. The van der Waals surface area contributed by atoms with E-state index in [0.29, 0.717) is 5.92 Å². The fraction of sp³-hybridized carbons (Fsp3) is 0.929. The first kappa shape index (κ1) is 17.4. The molecule has 4 heteroatoms. The predicted molar refractivity (Wildman–Crippen MR) is 71.0 cm³/mol. The number of ether oxygens (including phenoxy) is 1. The molecule has 0 rings (SSSR count). The lowest BCUT2D eigenvalue weighted by molar-refractivity contribution is -0.152. The molecule has 1 atom stereocenters. The van der Waals surface area contributed by atoms with Crippen LogP contribution in [-0.2, 0) is 9.53 Å². The van der Waals surface area contributed by atoms with Gasteiger partial charge < -0.3 is 14.9 Å². The van der Waals surface area contributed by atoms with E-state index in [1.54, 1.807) is 0 Å². The third-order valence-electron chi connectivity index (χ3n) is 3.14. The summed E-state index contributed by atoms with van der Waals surface area (Å²) in [5.41, 5.74) is 0. The molecule has 4 nitrogen and oxygen atoms in total. The van der Waals surface area contributed by atoms with Gasteiger partial charge in [-0.1, -0.05) is 34.1 Å². The first-order valence-electron chi connectivity index (χ1n) is 6.80. The van der Waals surface area contributed by atoms with E-state index in [9.17, 15) is 4.79 Å². The normalized spacial score (nSPS) is 13.4. The van der Waals surface area contributed by atoms with Gasteiger partial charge in [0.1, 0.15) is 0 Å². The van der Waals surface area contributed by atoms with Crippen molar-refractivity contribution >= 4 is 5.97 Å². The molecule has 0 aliphatic heterocycles. The monoisotopic (exact) mass is 260 g/mol. The number of carbonyl (C=O) groups is 1. The molecule has 0 aromatic rings. The minimum absolute atomic E-state index is 0.0922. The molecule has 0 aliphatic rings. The third-order valence-corrected chi connectivity index (χ3v) is 3.14. The van der Waals surface area contributed by atoms with Crippen LogP contribution < -0.4 is 0 Å². The van der Waals surface area contributed by atoms with E-state index in [2.05, 4.69) is 13.8 Å². The van der Waals surface area contributed by atoms with Crippen LogP contribution in [0.1, 0.15) is 40.5 Å². The van der Waals surface area contributed by atoms with Crippen molar-refractivity contribution < 1.29 is 19.7 Å². The van der Waals surface area contributed by atoms with Crippen molar-refractivity contribution in [3.05, 3.63) is 0 Å². The van der Waals surface area contributed by atoms with Crippen molar-refractivity contribution in [3.63, 3.8) is 0 Å². The van der Waals surface area contributed by atoms with Crippen molar-refractivity contribution in [2.45, 2.75) is 40.5 Å². The van der Waals surface area contributed by atoms with E-state index in [4.69, 9.17) is 14.9 Å². The Kier molecular flexibility index (Phi) is 9.02. The van der Waals surface area contributed by atoms with Crippen molar-refractivity contribution in [2.75, 3.05) is 19.8 Å². The topological polar surface area (TPSA) is 66.8 Å². The first-order valence-corrected chi connectivity index (χ1v) is 6.80. The van der Waals surface area contributed by atoms with Crippen LogP contribution in [0, 0.1) is 23.7 Å². The van der Waals surface area contributed by atoms with Crippen molar-refractivity contribution in [1.29, 1.82) is 0 Å². The summed E-state index contributed by atoms with van der Waals surface area (Å²) in [5.74, 6) is 0.148. The van der Waals surface area contributed by atoms with E-state index in [1.165, 1.54) is 0 Å². The van der Waals surface area contributed by atoms with Gasteiger partial charge >= 0.3 is 5.97 Å². The van der Waals surface area contributed by atoms with Crippen LogP contribution in [0.5, 0.6) is 0 Å². The van der Waals surface area contributed by atoms with E-state index >= 15 is 0 Å². The van der Waals surface area contributed by atoms with Crippen LogP contribution in [0.25, 0.3) is 0 Å². The Labute approximate surface area is 110 Å². The second kappa shape index (κ2) is 9.34. The summed E-state index contributed by atoms with van der Waals surface area (Å²) >= 11 is 0. The summed E-state index contributed by atoms with van der Waals surface area (Å²) in [7, 11) is 0. The molecule has 0 aromatic heterocycles. The zero-order chi connectivity index (χ0) is 14.1. The second-order valence-corrected chi connectivity index (χ2v) is 5.68. The van der Waals surface area contributed by atoms with Gasteiger partial charge in [0.15, 0.2) is 0 Å². The SMILES string of the molecule is CC(C)CCC(C(=O)OCC(CO)CO)C(C)C. The standard InChI is InChI=1S/C14H28O4/c1-10(2)5-6-13(11(3)4)14(17)18-9-12(7-15)8-16/h10-13,15-16H,5-9H2,1-4H3. The molecule has 0 bridgehead atoms. The van der Waals surface area contributed by atoms with E-state index in [0.717, 1.165) is 12.8 Å². The summed E-state index contributed by atoms with van der Waals surface area (Å²) in [6.45, 7) is 8.07. The highest BCUT2D eigenvalue weighted by atomic mass is 16.5. The van der Waals surface area contributed by atoms with E-state index in [1.807, 2.05) is 13.8 Å². The molecule has 108 valence electrons. The number of hydrogen-bond acceptors (Lipinski definition) is 4. The number of carbonyl (C=O) groups excluding carboxylic acids is 1. The summed E-state index contributed by atoms with van der Waals surface area (Å²) in [5, 5.41) is 17.8. The van der Waals surface area contributed by atoms with Gasteiger partial charge in [0.05, 0.1) is 25.7 Å². The van der Waals surface area contributed by atoms with Gasteiger partial charge in [-0.05, 0) is 18.3 Å². The summed E-state index contributed by atoms with van der Waals surface area (Å²) in [6, 6.07) is 0. The summed E-state index contributed by atoms with van der Waals surface area (Å²) < 4.78 is 5.18. The molecular weight excluding hydrogens is 232 g/mol. The van der Waals surface area contributed by atoms with Crippen LogP contribution in [0.2, 0.25) is 0 Å². The van der Waals surface area contributed by atoms with Gasteiger partial charge in [0.2, 0.25) is 0 Å². The lowest BCUT2D eigenvalue weighted by atomic mass is 9.89. The molecule has 0 heterocycles. The molecule has 0 spiro atoms. The number of aliphatic hydroxyl groups is 2. The summed E-state index contributed by atoms with van der Waals surface area (Å²) in [6.07, 6.45) is 1.83. The van der Waals surface area contributed by atoms with Gasteiger partial charge in [0, 0.05) is 5.92 Å². The van der Waals surface area contributed by atoms with Crippen molar-refractivity contribution in [2.24, 2.45) is 23.7 Å². The Bertz CT molecular complexity index is 222. The highest BCUT2D eigenvalue weighted by Crippen LogP contribution is 2.21. The largest absolute Gasteiger partial charge is 0.465 e. The summed E-state index contributed by atoms with van der Waals surface area (Å²) in [4.78, 5) is 11.9. The Morgan fingerprint density at radius 3 is 2.00 bits per heavy atom. The number of hydrogen-bond donors (Lipinski definition) is 2. The van der Waals surface area contributed by atoms with Crippen LogP contribution in [0.15, 0.2) is 0 Å². The number of esters is 1. The van der Waals surface area contributed by atoms with Crippen molar-refractivity contribution in [3.8, 4) is 0 Å². The molecule has 0 aliphatic carbocycles. The Balaban J connectivity index is 4.22. The molecule has 0 fully saturated rings. The van der Waals surface area contributed by atoms with Crippen LogP contribution in [0.3, 0.4) is 0 Å². The number of rotatable bonds is 9. The van der Waals surface area contributed by atoms with E-state index < -0.39 is 0 Å². The third kappa shape index (κ3) is 6.97. The zero-order valence-electron chi connectivity index (χ0n) is 12.1. The maximum atomic E-state index is 11.9. The number of aliphatic hydroxyl groups excluding tert-OH is 2. The molecule has 18 heavy (non-hydrogen) atoms. The fourth-order valence-electron chi connectivity index (χ4n) is 1.71. The van der Waals surface area contributed by atoms with Crippen LogP contribution >= 0.6 is 0 Å². The average Bonchev–Trinajstić information content (AvgIpc) is 2.29. The predicted octanol–water partition coefficient (Wildman–Crippen LogP) is 1.84. The molecular formula is C14H28O4. The van der Waals surface area contributed by atoms with Crippen LogP contribution in [-0.4, -0.2) is 36.0 Å². The van der Waals surface area contributed by atoms with Gasteiger partial charge in [-0.25, -0.2) is 0 Å². The highest BCUT2D eigenvalue weighted by molar-refractivity contribution is 5.72. The smallest absolute Gasteiger partial charge is 0.309 e. The van der Waals surface area contributed by atoms with Gasteiger partial charge in [-0.15, -0.1) is 0 Å². The van der Waals surface area contributed by atoms with Gasteiger partial charge in [0.25, 0.3) is 0 Å². The first-order chi connectivity index (χ1) is 8.42. The minimum Gasteiger partial charge on any atom is -0.465 e. The maximum Gasteiger partial charge on any atom is 0.309 e. The Hall–Kier alpha value is -0.610. The molecule has 0 aromatic carbocycles. The van der Waals surface area contributed by atoms with Crippen LogP contribution in [0.4, 0.5) is 0 Å². The highest BCUT2D eigenvalue weighted by Gasteiger charge is 2.24. The maximum absolute atomic E-state index is 11.9. The molecule has 0 saturated heterocycles. The quantitative estimate of drug-likeness (QED) is 0.621. The average molecular weight is 260 g/mol. The fourth-order valence-corrected chi connectivity index (χ4v) is 1.71. The van der Waals surface area contributed by atoms with Gasteiger partial charge in [-0.2, -0.15) is 0 Å². The second-order valence-electron chi connectivity index (χ2n) is 5.68. The van der Waals surface area contributed by atoms with Gasteiger partial charge in [-0.3, -0.25) is 4.79 Å². The zero-order valence-corrected chi connectivity index (χ0v) is 12.1. The molecule has 0 radical (unpaired) electrons. The van der Waals surface area contributed by atoms with Crippen molar-refractivity contribution in [1.82, 2.24) is 0 Å². The molecule has 2 N–H and O–H groups in total. The lowest BCUT2D eigenvalue weighted by Crippen LogP contribution is -2.27.